The summed E-state index contributed by atoms with van der Waals surface area (Å²) in [6.07, 6.45) is 0. The Morgan fingerprint density at radius 2 is 2.36 bits per heavy atom. The second-order valence-corrected chi connectivity index (χ2v) is 3.42. The summed E-state index contributed by atoms with van der Waals surface area (Å²) in [6, 6.07) is 1.28. The monoisotopic (exact) mass is 260 g/mol. The van der Waals surface area contributed by atoms with Crippen molar-refractivity contribution in [2.75, 3.05) is 11.9 Å². The van der Waals surface area contributed by atoms with Crippen LogP contribution in [0.1, 0.15) is 17.3 Å². The Hall–Kier alpha value is -1.30. The van der Waals surface area contributed by atoms with E-state index in [9.17, 15) is 9.59 Å². The topological polar surface area (TPSA) is 82.2 Å². The zero-order chi connectivity index (χ0) is 10.7. The summed E-state index contributed by atoms with van der Waals surface area (Å²) >= 11 is 2.96. The number of carbonyl (C=O) groups is 1. The summed E-state index contributed by atoms with van der Waals surface area (Å²) in [7, 11) is 0. The second-order valence-electron chi connectivity index (χ2n) is 2.57. The highest BCUT2D eigenvalue weighted by molar-refractivity contribution is 9.10. The van der Waals surface area contributed by atoms with Gasteiger partial charge in [0.05, 0.1) is 4.47 Å². The van der Waals surface area contributed by atoms with E-state index in [1.54, 1.807) is 0 Å². The normalized spacial score (nSPS) is 9.86. The fourth-order valence-electron chi connectivity index (χ4n) is 0.990. The maximum atomic E-state index is 11.2. The summed E-state index contributed by atoms with van der Waals surface area (Å²) in [5.74, 6) is -0.855. The molecule has 0 atom stereocenters. The van der Waals surface area contributed by atoms with E-state index in [1.807, 2.05) is 6.92 Å². The molecule has 0 aliphatic carbocycles. The van der Waals surface area contributed by atoms with Gasteiger partial charge in [-0.1, -0.05) is 0 Å². The van der Waals surface area contributed by atoms with E-state index in [0.717, 1.165) is 0 Å². The number of anilines is 1. The Bertz CT molecular complexity index is 414. The smallest absolute Gasteiger partial charge is 0.339 e. The first kappa shape index (κ1) is 10.8. The second kappa shape index (κ2) is 4.28. The van der Waals surface area contributed by atoms with Crippen LogP contribution in [0.4, 0.5) is 5.82 Å². The lowest BCUT2D eigenvalue weighted by atomic mass is 10.2. The molecule has 14 heavy (non-hydrogen) atoms. The number of hydrogen-bond acceptors (Lipinski definition) is 3. The fraction of sp³-hybridized carbons (Fsp3) is 0.250. The number of H-pyrrole nitrogens is 1. The fourth-order valence-corrected chi connectivity index (χ4v) is 1.32. The van der Waals surface area contributed by atoms with Gasteiger partial charge in [-0.25, -0.2) is 4.79 Å². The van der Waals surface area contributed by atoms with Gasteiger partial charge in [-0.15, -0.1) is 0 Å². The number of aromatic nitrogens is 1. The molecular formula is C8H9BrN2O3. The van der Waals surface area contributed by atoms with Crippen LogP contribution < -0.4 is 10.9 Å². The van der Waals surface area contributed by atoms with E-state index in [4.69, 9.17) is 5.11 Å². The standard InChI is InChI=1S/C8H9BrN2O3/c1-2-10-6-4(8(13)14)3-5(9)7(12)11-6/h3H,2H2,1H3,(H,13,14)(H2,10,11,12). The summed E-state index contributed by atoms with van der Waals surface area (Å²) in [5, 5.41) is 11.6. The highest BCUT2D eigenvalue weighted by Crippen LogP contribution is 2.14. The van der Waals surface area contributed by atoms with Crippen LogP contribution in [0.25, 0.3) is 0 Å². The zero-order valence-electron chi connectivity index (χ0n) is 7.43. The minimum Gasteiger partial charge on any atom is -0.478 e. The predicted molar refractivity (Wildman–Crippen MR) is 55.9 cm³/mol. The largest absolute Gasteiger partial charge is 0.478 e. The number of aromatic carboxylic acids is 1. The molecule has 1 aromatic rings. The molecular weight excluding hydrogens is 252 g/mol. The first-order valence-electron chi connectivity index (χ1n) is 3.96. The lowest BCUT2D eigenvalue weighted by molar-refractivity contribution is 0.0697. The summed E-state index contributed by atoms with van der Waals surface area (Å²) in [4.78, 5) is 24.4. The summed E-state index contributed by atoms with van der Waals surface area (Å²) in [5.41, 5.74) is -0.315. The van der Waals surface area contributed by atoms with Crippen LogP contribution >= 0.6 is 15.9 Å². The van der Waals surface area contributed by atoms with Crippen molar-refractivity contribution in [1.29, 1.82) is 0 Å². The number of carboxylic acid groups (broad SMARTS) is 1. The lowest BCUT2D eigenvalue weighted by Gasteiger charge is -2.06. The molecule has 1 rings (SSSR count). The Morgan fingerprint density at radius 1 is 1.71 bits per heavy atom. The molecule has 0 aromatic carbocycles. The average Bonchev–Trinajstić information content (AvgIpc) is 2.11. The van der Waals surface area contributed by atoms with E-state index in [1.165, 1.54) is 6.07 Å². The SMILES string of the molecule is CCNc1[nH]c(=O)c(Br)cc1C(=O)O. The third kappa shape index (κ3) is 2.14. The number of aromatic amines is 1. The average molecular weight is 261 g/mol. The van der Waals surface area contributed by atoms with Crippen LogP contribution in [-0.4, -0.2) is 22.6 Å². The van der Waals surface area contributed by atoms with Crippen LogP contribution in [0.3, 0.4) is 0 Å². The van der Waals surface area contributed by atoms with Crippen molar-refractivity contribution < 1.29 is 9.90 Å². The van der Waals surface area contributed by atoms with Crippen molar-refractivity contribution in [2.24, 2.45) is 0 Å². The van der Waals surface area contributed by atoms with Gasteiger partial charge in [-0.3, -0.25) is 4.79 Å². The molecule has 0 unspecified atom stereocenters. The molecule has 5 nitrogen and oxygen atoms in total. The number of rotatable bonds is 3. The summed E-state index contributed by atoms with van der Waals surface area (Å²) < 4.78 is 0.205. The summed E-state index contributed by atoms with van der Waals surface area (Å²) in [6.45, 7) is 2.35. The van der Waals surface area contributed by atoms with Gasteiger partial charge < -0.3 is 15.4 Å². The first-order chi connectivity index (χ1) is 6.56. The minimum atomic E-state index is -1.09. The Morgan fingerprint density at radius 3 is 2.86 bits per heavy atom. The van der Waals surface area contributed by atoms with Gasteiger partial charge in [-0.2, -0.15) is 0 Å². The number of nitrogens with one attached hydrogen (secondary N) is 2. The molecule has 3 N–H and O–H groups in total. The van der Waals surface area contributed by atoms with Crippen molar-refractivity contribution in [1.82, 2.24) is 4.98 Å². The van der Waals surface area contributed by atoms with Crippen molar-refractivity contribution in [3.63, 3.8) is 0 Å². The Kier molecular flexibility index (Phi) is 3.29. The zero-order valence-corrected chi connectivity index (χ0v) is 9.01. The van der Waals surface area contributed by atoms with Gasteiger partial charge in [0, 0.05) is 6.54 Å². The number of halogens is 1. The maximum absolute atomic E-state index is 11.2. The molecule has 0 aliphatic rings. The van der Waals surface area contributed by atoms with Crippen LogP contribution in [-0.2, 0) is 0 Å². The highest BCUT2D eigenvalue weighted by atomic mass is 79.9. The minimum absolute atomic E-state index is 0.0401. The molecule has 0 aliphatic heterocycles. The van der Waals surface area contributed by atoms with E-state index in [-0.39, 0.29) is 21.4 Å². The van der Waals surface area contributed by atoms with Gasteiger partial charge in [0.2, 0.25) is 0 Å². The van der Waals surface area contributed by atoms with E-state index in [0.29, 0.717) is 6.54 Å². The first-order valence-corrected chi connectivity index (χ1v) is 4.75. The van der Waals surface area contributed by atoms with Gasteiger partial charge in [0.1, 0.15) is 11.4 Å². The molecule has 0 bridgehead atoms. The molecule has 1 aromatic heterocycles. The van der Waals surface area contributed by atoms with Gasteiger partial charge in [0.15, 0.2) is 0 Å². The molecule has 0 fully saturated rings. The molecule has 0 radical (unpaired) electrons. The van der Waals surface area contributed by atoms with Crippen molar-refractivity contribution in [3.05, 3.63) is 26.5 Å². The molecule has 0 saturated carbocycles. The van der Waals surface area contributed by atoms with Gasteiger partial charge in [0.25, 0.3) is 5.56 Å². The third-order valence-corrected chi connectivity index (χ3v) is 2.17. The highest BCUT2D eigenvalue weighted by Gasteiger charge is 2.12. The predicted octanol–water partition coefficient (Wildman–Crippen LogP) is 1.27. The van der Waals surface area contributed by atoms with Crippen LogP contribution in [0.5, 0.6) is 0 Å². The van der Waals surface area contributed by atoms with Gasteiger partial charge in [-0.05, 0) is 28.9 Å². The van der Waals surface area contributed by atoms with E-state index >= 15 is 0 Å². The van der Waals surface area contributed by atoms with Crippen LogP contribution in [0.2, 0.25) is 0 Å². The number of carboxylic acids is 1. The van der Waals surface area contributed by atoms with Crippen molar-refractivity contribution >= 4 is 27.7 Å². The van der Waals surface area contributed by atoms with Gasteiger partial charge >= 0.3 is 5.97 Å². The number of hydrogen-bond donors (Lipinski definition) is 3. The molecule has 76 valence electrons. The lowest BCUT2D eigenvalue weighted by Crippen LogP contribution is -2.16. The molecule has 0 saturated heterocycles. The molecule has 0 spiro atoms. The maximum Gasteiger partial charge on any atom is 0.339 e. The van der Waals surface area contributed by atoms with E-state index < -0.39 is 5.97 Å². The molecule has 0 amide bonds. The Labute approximate surface area is 88.3 Å². The van der Waals surface area contributed by atoms with E-state index in [2.05, 4.69) is 26.2 Å². The van der Waals surface area contributed by atoms with Crippen LogP contribution in [0.15, 0.2) is 15.3 Å². The number of pyridine rings is 1. The molecule has 1 heterocycles. The van der Waals surface area contributed by atoms with Crippen LogP contribution in [0, 0.1) is 0 Å². The third-order valence-electron chi connectivity index (χ3n) is 1.58. The Balaban J connectivity index is 3.31. The quantitative estimate of drug-likeness (QED) is 0.765. The van der Waals surface area contributed by atoms with Crippen molar-refractivity contribution in [2.45, 2.75) is 6.92 Å². The molecule has 6 heteroatoms. The van der Waals surface area contributed by atoms with Crippen molar-refractivity contribution in [3.8, 4) is 0 Å².